The highest BCUT2D eigenvalue weighted by Crippen LogP contribution is 2.46. The highest BCUT2D eigenvalue weighted by Gasteiger charge is 2.27. The van der Waals surface area contributed by atoms with Gasteiger partial charge in [-0.15, -0.1) is 11.3 Å². The molecule has 2 aliphatic carbocycles. The monoisotopic (exact) mass is 685 g/mol. The molecule has 9 aromatic rings. The Bertz CT molecular complexity index is 2970. The van der Waals surface area contributed by atoms with Crippen molar-refractivity contribution in [2.45, 2.75) is 25.7 Å². The van der Waals surface area contributed by atoms with E-state index in [2.05, 4.69) is 121 Å². The van der Waals surface area contributed by atoms with Gasteiger partial charge in [0.15, 0.2) is 17.5 Å². The smallest absolute Gasteiger partial charge is 0.164 e. The third-order valence-electron chi connectivity index (χ3n) is 10.7. The van der Waals surface area contributed by atoms with E-state index in [1.807, 2.05) is 29.5 Å². The van der Waals surface area contributed by atoms with E-state index in [9.17, 15) is 0 Å². The molecule has 6 aromatic carbocycles. The normalized spacial score (nSPS) is 14.1. The van der Waals surface area contributed by atoms with Crippen molar-refractivity contribution in [2.24, 2.45) is 0 Å². The van der Waals surface area contributed by atoms with Crippen molar-refractivity contribution in [3.63, 3.8) is 0 Å². The minimum absolute atomic E-state index is 0.649. The molecule has 0 fully saturated rings. The van der Waals surface area contributed by atoms with Gasteiger partial charge in [0.25, 0.3) is 0 Å². The molecule has 2 aliphatic rings. The van der Waals surface area contributed by atoms with Crippen molar-refractivity contribution in [3.8, 4) is 34.2 Å². The first-order chi connectivity index (χ1) is 25.7. The summed E-state index contributed by atoms with van der Waals surface area (Å²) in [6, 6.07) is 44.7. The summed E-state index contributed by atoms with van der Waals surface area (Å²) >= 11 is 1.93. The molecular formula is C47H31N3OS. The van der Waals surface area contributed by atoms with E-state index in [4.69, 9.17) is 19.4 Å². The van der Waals surface area contributed by atoms with Crippen LogP contribution in [0.1, 0.15) is 34.6 Å². The summed E-state index contributed by atoms with van der Waals surface area (Å²) < 4.78 is 8.03. The molecule has 246 valence electrons. The fourth-order valence-electron chi connectivity index (χ4n) is 8.27. The van der Waals surface area contributed by atoms with E-state index in [1.54, 1.807) is 0 Å². The first kappa shape index (κ1) is 29.5. The minimum atomic E-state index is 0.649. The van der Waals surface area contributed by atoms with E-state index in [0.29, 0.717) is 17.5 Å². The van der Waals surface area contributed by atoms with Crippen LogP contribution in [0.25, 0.3) is 88.4 Å². The average Bonchev–Trinajstić information content (AvgIpc) is 3.79. The van der Waals surface area contributed by atoms with Crippen LogP contribution in [0.2, 0.25) is 0 Å². The fourth-order valence-corrected chi connectivity index (χ4v) is 9.60. The largest absolute Gasteiger partial charge is 0.456 e. The Morgan fingerprint density at radius 2 is 1.33 bits per heavy atom. The molecule has 0 unspecified atom stereocenters. The SMILES string of the molecule is C1=C(C2=CCCc3c2sc2ccccc32)CCc2c1oc1cccc(-c3nc(-c4ccccc4)nc(-c4ccc5c(ccc6ccccc65)c4)n3)c21. The molecule has 0 aliphatic heterocycles. The maximum atomic E-state index is 6.66. The van der Waals surface area contributed by atoms with Crippen LogP contribution < -0.4 is 0 Å². The lowest BCUT2D eigenvalue weighted by Gasteiger charge is -2.20. The number of aromatic nitrogens is 3. The molecule has 5 heteroatoms. The molecule has 0 saturated heterocycles. The predicted molar refractivity (Wildman–Crippen MR) is 215 cm³/mol. The predicted octanol–water partition coefficient (Wildman–Crippen LogP) is 12.5. The summed E-state index contributed by atoms with van der Waals surface area (Å²) in [4.78, 5) is 16.8. The lowest BCUT2D eigenvalue weighted by Crippen LogP contribution is -2.04. The molecule has 4 nitrogen and oxygen atoms in total. The molecule has 0 atom stereocenters. The zero-order valence-electron chi connectivity index (χ0n) is 28.3. The van der Waals surface area contributed by atoms with Crippen LogP contribution >= 0.6 is 11.3 Å². The van der Waals surface area contributed by atoms with E-state index >= 15 is 0 Å². The van der Waals surface area contributed by atoms with Crippen LogP contribution in [0.15, 0.2) is 143 Å². The Balaban J connectivity index is 1.05. The second kappa shape index (κ2) is 11.7. The standard InChI is InChI=1S/C47H31N3OS/c1-2-11-29(12-3-1)45-48-46(32-23-24-34-30(26-32)21-20-28-10-4-5-13-33(28)34)50-47(49-45)39-17-9-18-40-43(39)38-25-22-31(27-41(38)51-40)35-15-8-16-37-36-14-6-7-19-42(36)52-44(35)37/h1-7,9-15,17-21,23-24,26-27H,8,16,22,25H2. The zero-order chi connectivity index (χ0) is 34.2. The molecule has 0 saturated carbocycles. The summed E-state index contributed by atoms with van der Waals surface area (Å²) in [5, 5.41) is 7.34. The molecule has 3 aromatic heterocycles. The number of fused-ring (bicyclic) bond motifs is 9. The molecule has 0 amide bonds. The Hall–Kier alpha value is -6.17. The van der Waals surface area contributed by atoms with Crippen molar-refractivity contribution in [1.29, 1.82) is 0 Å². The topological polar surface area (TPSA) is 51.8 Å². The van der Waals surface area contributed by atoms with E-state index in [1.165, 1.54) is 53.4 Å². The summed E-state index contributed by atoms with van der Waals surface area (Å²) in [6.45, 7) is 0. The zero-order valence-corrected chi connectivity index (χ0v) is 29.1. The first-order valence-electron chi connectivity index (χ1n) is 18.0. The van der Waals surface area contributed by atoms with Gasteiger partial charge in [-0.2, -0.15) is 0 Å². The van der Waals surface area contributed by atoms with Gasteiger partial charge in [-0.1, -0.05) is 115 Å². The Labute approximate surface area is 304 Å². The van der Waals surface area contributed by atoms with Crippen molar-refractivity contribution >= 4 is 65.6 Å². The Kier molecular flexibility index (Phi) is 6.64. The first-order valence-corrected chi connectivity index (χ1v) is 18.8. The second-order valence-corrected chi connectivity index (χ2v) is 14.8. The highest BCUT2D eigenvalue weighted by atomic mass is 32.1. The maximum absolute atomic E-state index is 6.66. The van der Waals surface area contributed by atoms with Gasteiger partial charge < -0.3 is 4.42 Å². The van der Waals surface area contributed by atoms with Crippen LogP contribution in [0.4, 0.5) is 0 Å². The lowest BCUT2D eigenvalue weighted by atomic mass is 9.85. The Morgan fingerprint density at radius 3 is 2.25 bits per heavy atom. The van der Waals surface area contributed by atoms with Gasteiger partial charge in [-0.05, 0) is 93.6 Å². The Morgan fingerprint density at radius 1 is 0.558 bits per heavy atom. The minimum Gasteiger partial charge on any atom is -0.456 e. The summed E-state index contributed by atoms with van der Waals surface area (Å²) in [6.07, 6.45) is 8.75. The van der Waals surface area contributed by atoms with Gasteiger partial charge in [-0.3, -0.25) is 0 Å². The van der Waals surface area contributed by atoms with Crippen molar-refractivity contribution in [3.05, 3.63) is 161 Å². The number of hydrogen-bond acceptors (Lipinski definition) is 5. The van der Waals surface area contributed by atoms with Crippen LogP contribution in [-0.4, -0.2) is 15.0 Å². The lowest BCUT2D eigenvalue weighted by molar-refractivity contribution is 0.594. The summed E-state index contributed by atoms with van der Waals surface area (Å²) in [7, 11) is 0. The quantitative estimate of drug-likeness (QED) is 0.173. The third-order valence-corrected chi connectivity index (χ3v) is 12.0. The molecule has 3 heterocycles. The van der Waals surface area contributed by atoms with Crippen LogP contribution in [-0.2, 0) is 12.8 Å². The number of thiophene rings is 1. The molecule has 11 rings (SSSR count). The summed E-state index contributed by atoms with van der Waals surface area (Å²) in [5.74, 6) is 2.89. The van der Waals surface area contributed by atoms with Crippen LogP contribution in [0.5, 0.6) is 0 Å². The fraction of sp³-hybridized carbons (Fsp3) is 0.0851. The number of furan rings is 1. The second-order valence-electron chi connectivity index (χ2n) is 13.8. The van der Waals surface area contributed by atoms with Crippen LogP contribution in [0, 0.1) is 0 Å². The van der Waals surface area contributed by atoms with Gasteiger partial charge in [0, 0.05) is 37.2 Å². The molecule has 0 spiro atoms. The van der Waals surface area contributed by atoms with Gasteiger partial charge in [0.05, 0.1) is 0 Å². The number of aryl methyl sites for hydroxylation is 2. The number of rotatable bonds is 4. The van der Waals surface area contributed by atoms with E-state index in [-0.39, 0.29) is 0 Å². The average molecular weight is 686 g/mol. The molecule has 52 heavy (non-hydrogen) atoms. The van der Waals surface area contributed by atoms with Gasteiger partial charge in [0.1, 0.15) is 11.3 Å². The van der Waals surface area contributed by atoms with Crippen LogP contribution in [0.3, 0.4) is 0 Å². The molecule has 0 N–H and O–H groups in total. The molecule has 0 bridgehead atoms. The van der Waals surface area contributed by atoms with E-state index in [0.717, 1.165) is 64.5 Å². The number of hydrogen-bond donors (Lipinski definition) is 0. The molecular weight excluding hydrogens is 655 g/mol. The number of nitrogens with zero attached hydrogens (tertiary/aromatic N) is 3. The number of benzene rings is 6. The van der Waals surface area contributed by atoms with E-state index < -0.39 is 0 Å². The number of allylic oxidation sites excluding steroid dienone is 3. The van der Waals surface area contributed by atoms with Crippen molar-refractivity contribution in [1.82, 2.24) is 15.0 Å². The third kappa shape index (κ3) is 4.70. The highest BCUT2D eigenvalue weighted by molar-refractivity contribution is 7.20. The van der Waals surface area contributed by atoms with Gasteiger partial charge >= 0.3 is 0 Å². The van der Waals surface area contributed by atoms with Crippen molar-refractivity contribution < 1.29 is 4.42 Å². The summed E-state index contributed by atoms with van der Waals surface area (Å²) in [5.41, 5.74) is 9.20. The maximum Gasteiger partial charge on any atom is 0.164 e. The van der Waals surface area contributed by atoms with Gasteiger partial charge in [-0.25, -0.2) is 15.0 Å². The van der Waals surface area contributed by atoms with Crippen molar-refractivity contribution in [2.75, 3.05) is 0 Å². The van der Waals surface area contributed by atoms with Gasteiger partial charge in [0.2, 0.25) is 0 Å². The molecule has 0 radical (unpaired) electrons.